The molecular weight excluding hydrogens is 258 g/mol. The van der Waals surface area contributed by atoms with Gasteiger partial charge in [-0.1, -0.05) is 43.3 Å². The highest BCUT2D eigenvalue weighted by atomic mass is 15.2. The summed E-state index contributed by atoms with van der Waals surface area (Å²) in [5.41, 5.74) is 1.25. The zero-order valence-corrected chi connectivity index (χ0v) is 12.8. The summed E-state index contributed by atoms with van der Waals surface area (Å²) in [6.45, 7) is 5.97. The van der Waals surface area contributed by atoms with E-state index in [0.29, 0.717) is 12.6 Å². The topological polar surface area (TPSA) is 36.4 Å². The SMILES string of the molecule is CCNC(=NCc1ccc2ccccc2c1)NC1CC1C. The molecule has 2 aromatic rings. The quantitative estimate of drug-likeness (QED) is 0.666. The van der Waals surface area contributed by atoms with Crippen LogP contribution in [0.5, 0.6) is 0 Å². The highest BCUT2D eigenvalue weighted by molar-refractivity contribution is 5.83. The van der Waals surface area contributed by atoms with Crippen molar-refractivity contribution in [3.8, 4) is 0 Å². The van der Waals surface area contributed by atoms with Gasteiger partial charge in [-0.05, 0) is 41.7 Å². The van der Waals surface area contributed by atoms with Gasteiger partial charge in [-0.25, -0.2) is 4.99 Å². The van der Waals surface area contributed by atoms with Gasteiger partial charge in [0.25, 0.3) is 0 Å². The first-order chi connectivity index (χ1) is 10.3. The van der Waals surface area contributed by atoms with Gasteiger partial charge in [0.15, 0.2) is 5.96 Å². The molecule has 2 N–H and O–H groups in total. The molecule has 0 radical (unpaired) electrons. The predicted octanol–water partition coefficient (Wildman–Crippen LogP) is 3.30. The zero-order valence-electron chi connectivity index (χ0n) is 12.8. The van der Waals surface area contributed by atoms with Gasteiger partial charge in [0, 0.05) is 12.6 Å². The van der Waals surface area contributed by atoms with E-state index in [4.69, 9.17) is 4.99 Å². The number of benzene rings is 2. The Hall–Kier alpha value is -2.03. The van der Waals surface area contributed by atoms with Gasteiger partial charge in [0.05, 0.1) is 6.54 Å². The molecule has 2 aromatic carbocycles. The van der Waals surface area contributed by atoms with Gasteiger partial charge < -0.3 is 10.6 Å². The second-order valence-corrected chi connectivity index (χ2v) is 5.84. The molecule has 110 valence electrons. The summed E-state index contributed by atoms with van der Waals surface area (Å²) in [4.78, 5) is 4.70. The third-order valence-electron chi connectivity index (χ3n) is 4.01. The number of rotatable bonds is 4. The van der Waals surface area contributed by atoms with E-state index in [2.05, 4.69) is 66.9 Å². The summed E-state index contributed by atoms with van der Waals surface area (Å²) in [6, 6.07) is 15.6. The van der Waals surface area contributed by atoms with Crippen LogP contribution in [0.15, 0.2) is 47.5 Å². The van der Waals surface area contributed by atoms with Crippen LogP contribution in [0.3, 0.4) is 0 Å². The van der Waals surface area contributed by atoms with Crippen molar-refractivity contribution in [1.82, 2.24) is 10.6 Å². The average Bonchev–Trinajstić information content (AvgIpc) is 3.20. The van der Waals surface area contributed by atoms with Crippen molar-refractivity contribution in [2.24, 2.45) is 10.9 Å². The molecule has 0 spiro atoms. The Bertz CT molecular complexity index is 648. The van der Waals surface area contributed by atoms with E-state index in [1.165, 1.54) is 22.8 Å². The lowest BCUT2D eigenvalue weighted by atomic mass is 10.1. The van der Waals surface area contributed by atoms with Gasteiger partial charge in [0.2, 0.25) is 0 Å². The molecule has 3 nitrogen and oxygen atoms in total. The van der Waals surface area contributed by atoms with Crippen LogP contribution in [-0.2, 0) is 6.54 Å². The maximum absolute atomic E-state index is 4.70. The molecule has 0 saturated heterocycles. The van der Waals surface area contributed by atoms with Crippen LogP contribution in [-0.4, -0.2) is 18.5 Å². The fraction of sp³-hybridized carbons (Fsp3) is 0.389. The third-order valence-corrected chi connectivity index (χ3v) is 4.01. The van der Waals surface area contributed by atoms with Crippen molar-refractivity contribution in [3.05, 3.63) is 48.0 Å². The average molecular weight is 281 g/mol. The molecule has 1 aliphatic rings. The van der Waals surface area contributed by atoms with Gasteiger partial charge in [-0.15, -0.1) is 0 Å². The molecule has 1 saturated carbocycles. The van der Waals surface area contributed by atoms with Crippen LogP contribution >= 0.6 is 0 Å². The van der Waals surface area contributed by atoms with Crippen molar-refractivity contribution < 1.29 is 0 Å². The summed E-state index contributed by atoms with van der Waals surface area (Å²) in [5, 5.41) is 9.37. The van der Waals surface area contributed by atoms with E-state index in [1.54, 1.807) is 0 Å². The Labute approximate surface area is 126 Å². The fourth-order valence-electron chi connectivity index (χ4n) is 2.53. The number of guanidine groups is 1. The van der Waals surface area contributed by atoms with Crippen molar-refractivity contribution in [1.29, 1.82) is 0 Å². The lowest BCUT2D eigenvalue weighted by molar-refractivity contribution is 0.766. The second-order valence-electron chi connectivity index (χ2n) is 5.84. The number of hydrogen-bond acceptors (Lipinski definition) is 1. The molecule has 3 heteroatoms. The van der Waals surface area contributed by atoms with E-state index < -0.39 is 0 Å². The molecule has 0 heterocycles. The first-order valence-electron chi connectivity index (χ1n) is 7.79. The van der Waals surface area contributed by atoms with Crippen molar-refractivity contribution in [2.45, 2.75) is 32.9 Å². The largest absolute Gasteiger partial charge is 0.357 e. The van der Waals surface area contributed by atoms with Crippen LogP contribution in [0, 0.1) is 5.92 Å². The third kappa shape index (κ3) is 3.54. The molecule has 0 aliphatic heterocycles. The summed E-state index contributed by atoms with van der Waals surface area (Å²) in [6.07, 6.45) is 1.25. The number of nitrogens with zero attached hydrogens (tertiary/aromatic N) is 1. The maximum atomic E-state index is 4.70. The lowest BCUT2D eigenvalue weighted by Gasteiger charge is -2.11. The van der Waals surface area contributed by atoms with Gasteiger partial charge in [-0.3, -0.25) is 0 Å². The van der Waals surface area contributed by atoms with E-state index in [-0.39, 0.29) is 0 Å². The van der Waals surface area contributed by atoms with Crippen LogP contribution in [0.4, 0.5) is 0 Å². The Morgan fingerprint density at radius 3 is 2.67 bits per heavy atom. The van der Waals surface area contributed by atoms with Gasteiger partial charge in [0.1, 0.15) is 0 Å². The van der Waals surface area contributed by atoms with Crippen LogP contribution in [0.2, 0.25) is 0 Å². The fourth-order valence-corrected chi connectivity index (χ4v) is 2.53. The standard InChI is InChI=1S/C18H23N3/c1-3-19-18(21-17-10-13(17)2)20-12-14-8-9-15-6-4-5-7-16(15)11-14/h4-9,11,13,17H,3,10,12H2,1-2H3,(H2,19,20,21). The molecule has 2 unspecified atom stereocenters. The zero-order chi connectivity index (χ0) is 14.7. The van der Waals surface area contributed by atoms with E-state index in [0.717, 1.165) is 18.4 Å². The molecule has 3 rings (SSSR count). The Kier molecular flexibility index (Phi) is 4.09. The molecule has 21 heavy (non-hydrogen) atoms. The molecule has 2 atom stereocenters. The first-order valence-corrected chi connectivity index (χ1v) is 7.79. The summed E-state index contributed by atoms with van der Waals surface area (Å²) >= 11 is 0. The normalized spacial score (nSPS) is 21.3. The predicted molar refractivity (Wildman–Crippen MR) is 89.5 cm³/mol. The Balaban J connectivity index is 1.71. The monoisotopic (exact) mass is 281 g/mol. The maximum Gasteiger partial charge on any atom is 0.191 e. The molecular formula is C18H23N3. The minimum Gasteiger partial charge on any atom is -0.357 e. The van der Waals surface area contributed by atoms with Crippen molar-refractivity contribution in [2.75, 3.05) is 6.54 Å². The first kappa shape index (κ1) is 13.9. The molecule has 1 aliphatic carbocycles. The number of nitrogens with one attached hydrogen (secondary N) is 2. The smallest absolute Gasteiger partial charge is 0.191 e. The van der Waals surface area contributed by atoms with Crippen LogP contribution < -0.4 is 10.6 Å². The highest BCUT2D eigenvalue weighted by Gasteiger charge is 2.33. The Morgan fingerprint density at radius 1 is 1.19 bits per heavy atom. The van der Waals surface area contributed by atoms with Gasteiger partial charge in [-0.2, -0.15) is 0 Å². The summed E-state index contributed by atoms with van der Waals surface area (Å²) in [7, 11) is 0. The van der Waals surface area contributed by atoms with Gasteiger partial charge >= 0.3 is 0 Å². The molecule has 0 aromatic heterocycles. The van der Waals surface area contributed by atoms with Crippen molar-refractivity contribution >= 4 is 16.7 Å². The minimum atomic E-state index is 0.597. The minimum absolute atomic E-state index is 0.597. The molecule has 1 fully saturated rings. The summed E-state index contributed by atoms with van der Waals surface area (Å²) < 4.78 is 0. The number of aliphatic imine (C=N–C) groups is 1. The summed E-state index contributed by atoms with van der Waals surface area (Å²) in [5.74, 6) is 1.70. The second kappa shape index (κ2) is 6.17. The van der Waals surface area contributed by atoms with Crippen molar-refractivity contribution in [3.63, 3.8) is 0 Å². The van der Waals surface area contributed by atoms with Crippen LogP contribution in [0.25, 0.3) is 10.8 Å². The highest BCUT2D eigenvalue weighted by Crippen LogP contribution is 2.28. The number of hydrogen-bond donors (Lipinski definition) is 2. The number of fused-ring (bicyclic) bond motifs is 1. The van der Waals surface area contributed by atoms with Crippen LogP contribution in [0.1, 0.15) is 25.8 Å². The van der Waals surface area contributed by atoms with E-state index in [9.17, 15) is 0 Å². The van der Waals surface area contributed by atoms with E-state index in [1.807, 2.05) is 0 Å². The molecule has 0 bridgehead atoms. The lowest BCUT2D eigenvalue weighted by Crippen LogP contribution is -2.39. The Morgan fingerprint density at radius 2 is 1.95 bits per heavy atom. The van der Waals surface area contributed by atoms with E-state index >= 15 is 0 Å². The molecule has 0 amide bonds.